The summed E-state index contributed by atoms with van der Waals surface area (Å²) < 4.78 is 16.9. The normalized spacial score (nSPS) is 11.2. The molecule has 0 saturated heterocycles. The molecule has 5 aromatic rings. The molecule has 0 amide bonds. The third kappa shape index (κ3) is 3.53. The molecular formula is C25H19FN4O. The highest BCUT2D eigenvalue weighted by molar-refractivity contribution is 5.72. The Morgan fingerprint density at radius 1 is 0.871 bits per heavy atom. The van der Waals surface area contributed by atoms with Gasteiger partial charge in [-0.1, -0.05) is 0 Å². The van der Waals surface area contributed by atoms with Gasteiger partial charge in [0, 0.05) is 42.3 Å². The van der Waals surface area contributed by atoms with Gasteiger partial charge in [-0.25, -0.2) is 9.37 Å². The summed E-state index contributed by atoms with van der Waals surface area (Å²) in [5.74, 6) is -0.271. The van der Waals surface area contributed by atoms with Crippen molar-refractivity contribution >= 4 is 5.65 Å². The van der Waals surface area contributed by atoms with Crippen molar-refractivity contribution in [2.24, 2.45) is 0 Å². The van der Waals surface area contributed by atoms with Gasteiger partial charge in [0.2, 0.25) is 0 Å². The molecule has 152 valence electrons. The maximum absolute atomic E-state index is 13.2. The summed E-state index contributed by atoms with van der Waals surface area (Å²) in [4.78, 5) is 20.9. The first-order chi connectivity index (χ1) is 15.1. The number of benzene rings is 1. The van der Waals surface area contributed by atoms with Crippen molar-refractivity contribution in [1.82, 2.24) is 18.9 Å². The Balaban J connectivity index is 1.54. The van der Waals surface area contributed by atoms with Crippen LogP contribution >= 0.6 is 0 Å². The van der Waals surface area contributed by atoms with Crippen LogP contribution in [0.1, 0.15) is 6.92 Å². The van der Waals surface area contributed by atoms with E-state index in [1.54, 1.807) is 29.0 Å². The lowest BCUT2D eigenvalue weighted by molar-refractivity contribution is 0.628. The number of pyridine rings is 3. The zero-order chi connectivity index (χ0) is 21.4. The zero-order valence-electron chi connectivity index (χ0n) is 16.9. The zero-order valence-corrected chi connectivity index (χ0v) is 16.9. The molecule has 0 N–H and O–H groups in total. The van der Waals surface area contributed by atoms with Crippen molar-refractivity contribution in [1.29, 1.82) is 0 Å². The van der Waals surface area contributed by atoms with E-state index in [9.17, 15) is 9.18 Å². The van der Waals surface area contributed by atoms with Gasteiger partial charge in [-0.3, -0.25) is 14.2 Å². The summed E-state index contributed by atoms with van der Waals surface area (Å²) in [5.41, 5.74) is 6.28. The fraction of sp³-hybridized carbons (Fsp3) is 0.0800. The van der Waals surface area contributed by atoms with Crippen LogP contribution in [0.5, 0.6) is 0 Å². The molecule has 5 nitrogen and oxygen atoms in total. The molecule has 4 heterocycles. The molecular weight excluding hydrogens is 391 g/mol. The van der Waals surface area contributed by atoms with Gasteiger partial charge in [0.25, 0.3) is 5.56 Å². The summed E-state index contributed by atoms with van der Waals surface area (Å²) >= 11 is 0. The third-order valence-electron chi connectivity index (χ3n) is 5.37. The standard InChI is InChI=1S/C25H19FN4O/c1-2-29-16-20(5-8-25(29)31)18-10-12-30-23(15-28-24(30)14-18)19-9-11-27-22(13-19)17-3-6-21(26)7-4-17/h3-16H,2H2,1H3. The molecule has 5 rings (SSSR count). The lowest BCUT2D eigenvalue weighted by Crippen LogP contribution is -2.16. The van der Waals surface area contributed by atoms with Gasteiger partial charge in [-0.2, -0.15) is 0 Å². The second-order valence-electron chi connectivity index (χ2n) is 7.27. The maximum Gasteiger partial charge on any atom is 0.250 e. The fourth-order valence-corrected chi connectivity index (χ4v) is 3.69. The molecule has 0 aliphatic rings. The van der Waals surface area contributed by atoms with E-state index in [4.69, 9.17) is 0 Å². The Hall–Kier alpha value is -4.06. The maximum atomic E-state index is 13.2. The first-order valence-electron chi connectivity index (χ1n) is 10.0. The van der Waals surface area contributed by atoms with Crippen molar-refractivity contribution < 1.29 is 4.39 Å². The fourth-order valence-electron chi connectivity index (χ4n) is 3.69. The van der Waals surface area contributed by atoms with E-state index in [-0.39, 0.29) is 11.4 Å². The van der Waals surface area contributed by atoms with Gasteiger partial charge in [0.05, 0.1) is 17.6 Å². The summed E-state index contributed by atoms with van der Waals surface area (Å²) in [5, 5.41) is 0. The van der Waals surface area contributed by atoms with Crippen LogP contribution in [0, 0.1) is 5.82 Å². The highest BCUT2D eigenvalue weighted by Crippen LogP contribution is 2.27. The van der Waals surface area contributed by atoms with Gasteiger partial charge in [-0.05, 0) is 72.6 Å². The predicted molar refractivity (Wildman–Crippen MR) is 119 cm³/mol. The number of hydrogen-bond donors (Lipinski definition) is 0. The summed E-state index contributed by atoms with van der Waals surface area (Å²) in [7, 11) is 0. The summed E-state index contributed by atoms with van der Waals surface area (Å²) in [6, 6.07) is 17.7. The molecule has 0 atom stereocenters. The van der Waals surface area contributed by atoms with Crippen molar-refractivity contribution in [2.75, 3.05) is 0 Å². The van der Waals surface area contributed by atoms with E-state index in [0.717, 1.165) is 39.3 Å². The topological polar surface area (TPSA) is 52.2 Å². The van der Waals surface area contributed by atoms with Gasteiger partial charge in [0.1, 0.15) is 11.5 Å². The minimum absolute atomic E-state index is 0.00919. The van der Waals surface area contributed by atoms with Crippen LogP contribution in [0.25, 0.3) is 39.3 Å². The number of fused-ring (bicyclic) bond motifs is 1. The smallest absolute Gasteiger partial charge is 0.250 e. The van der Waals surface area contributed by atoms with Gasteiger partial charge < -0.3 is 4.57 Å². The average molecular weight is 410 g/mol. The van der Waals surface area contributed by atoms with Crippen LogP contribution in [-0.4, -0.2) is 18.9 Å². The Bertz CT molecular complexity index is 1450. The number of imidazole rings is 1. The first kappa shape index (κ1) is 18.9. The molecule has 1 aromatic carbocycles. The highest BCUT2D eigenvalue weighted by atomic mass is 19.1. The van der Waals surface area contributed by atoms with Crippen molar-refractivity contribution in [3.05, 3.63) is 102 Å². The van der Waals surface area contributed by atoms with Crippen LogP contribution in [0.4, 0.5) is 4.39 Å². The second kappa shape index (κ2) is 7.65. The molecule has 0 spiro atoms. The molecule has 0 aliphatic heterocycles. The van der Waals surface area contributed by atoms with Crippen LogP contribution in [0.15, 0.2) is 90.2 Å². The van der Waals surface area contributed by atoms with Crippen LogP contribution in [0.3, 0.4) is 0 Å². The average Bonchev–Trinajstić information content (AvgIpc) is 3.23. The molecule has 0 saturated carbocycles. The van der Waals surface area contributed by atoms with Crippen molar-refractivity contribution in [2.45, 2.75) is 13.5 Å². The third-order valence-corrected chi connectivity index (χ3v) is 5.37. The summed E-state index contributed by atoms with van der Waals surface area (Å²) in [6.07, 6.45) is 7.42. The molecule has 0 aliphatic carbocycles. The van der Waals surface area contributed by atoms with E-state index >= 15 is 0 Å². The van der Waals surface area contributed by atoms with Crippen LogP contribution < -0.4 is 5.56 Å². The number of rotatable bonds is 4. The lowest BCUT2D eigenvalue weighted by atomic mass is 10.1. The molecule has 0 bridgehead atoms. The molecule has 31 heavy (non-hydrogen) atoms. The highest BCUT2D eigenvalue weighted by Gasteiger charge is 2.10. The lowest BCUT2D eigenvalue weighted by Gasteiger charge is -2.08. The molecule has 6 heteroatoms. The number of aryl methyl sites for hydroxylation is 1. The van der Waals surface area contributed by atoms with Gasteiger partial charge in [0.15, 0.2) is 0 Å². The van der Waals surface area contributed by atoms with Crippen molar-refractivity contribution in [3.63, 3.8) is 0 Å². The van der Waals surface area contributed by atoms with Crippen LogP contribution in [-0.2, 0) is 6.54 Å². The number of aromatic nitrogens is 4. The molecule has 4 aromatic heterocycles. The predicted octanol–water partition coefficient (Wildman–Crippen LogP) is 5.05. The minimum atomic E-state index is -0.271. The molecule has 0 fully saturated rings. The Labute approximate surface area is 178 Å². The SMILES string of the molecule is CCn1cc(-c2ccn3c(-c4ccnc(-c5ccc(F)cc5)c4)cnc3c2)ccc1=O. The Morgan fingerprint density at radius 3 is 2.48 bits per heavy atom. The number of nitrogens with zero attached hydrogens (tertiary/aromatic N) is 4. The Kier molecular flexibility index (Phi) is 4.67. The number of hydrogen-bond acceptors (Lipinski definition) is 3. The number of halogens is 1. The Morgan fingerprint density at radius 2 is 1.68 bits per heavy atom. The second-order valence-corrected chi connectivity index (χ2v) is 7.27. The monoisotopic (exact) mass is 410 g/mol. The van der Waals surface area contributed by atoms with E-state index in [0.29, 0.717) is 6.54 Å². The molecule has 0 radical (unpaired) electrons. The minimum Gasteiger partial charge on any atom is -0.315 e. The van der Waals surface area contributed by atoms with E-state index in [2.05, 4.69) is 9.97 Å². The van der Waals surface area contributed by atoms with E-state index in [1.807, 2.05) is 60.2 Å². The van der Waals surface area contributed by atoms with Crippen molar-refractivity contribution in [3.8, 4) is 33.6 Å². The quantitative estimate of drug-likeness (QED) is 0.417. The summed E-state index contributed by atoms with van der Waals surface area (Å²) in [6.45, 7) is 2.57. The van der Waals surface area contributed by atoms with E-state index in [1.165, 1.54) is 12.1 Å². The largest absolute Gasteiger partial charge is 0.315 e. The first-order valence-corrected chi connectivity index (χ1v) is 10.0. The van der Waals surface area contributed by atoms with Crippen LogP contribution in [0.2, 0.25) is 0 Å². The molecule has 0 unspecified atom stereocenters. The van der Waals surface area contributed by atoms with Gasteiger partial charge in [-0.15, -0.1) is 0 Å². The van der Waals surface area contributed by atoms with E-state index < -0.39 is 0 Å². The van der Waals surface area contributed by atoms with Gasteiger partial charge >= 0.3 is 0 Å².